The zero-order valence-electron chi connectivity index (χ0n) is 29.5. The highest BCUT2D eigenvalue weighted by atomic mass is 16.7. The third-order valence-corrected chi connectivity index (χ3v) is 12.1. The molecule has 3 fully saturated rings. The molecule has 7 heteroatoms. The number of alkyl carbamates (subject to hydrolysis) is 1. The van der Waals surface area contributed by atoms with Crippen LogP contribution in [0, 0.1) is 46.3 Å². The lowest BCUT2D eigenvalue weighted by molar-refractivity contribution is -0.216. The first-order chi connectivity index (χ1) is 20.6. The van der Waals surface area contributed by atoms with E-state index in [2.05, 4.69) is 46.0 Å². The van der Waals surface area contributed by atoms with Gasteiger partial charge in [-0.25, -0.2) is 4.79 Å². The Morgan fingerprint density at radius 3 is 2.50 bits per heavy atom. The van der Waals surface area contributed by atoms with Crippen molar-refractivity contribution in [3.63, 3.8) is 0 Å². The van der Waals surface area contributed by atoms with E-state index in [9.17, 15) is 9.59 Å². The molecule has 0 bridgehead atoms. The SMILES string of the molecule is CC(C)CCCC(C)C1CC[C@H]2[C@@H]3CC=C4C[C@@H](OC(=O)NCCC(=O)ON(C)COC(C)(C)C)CC[C@]4(C)[C@H]3CC[C@]12C. The Bertz CT molecular complexity index is 1020. The molecule has 0 aromatic heterocycles. The lowest BCUT2D eigenvalue weighted by Gasteiger charge is -2.58. The number of nitrogens with one attached hydrogen (secondary N) is 1. The first-order valence-electron chi connectivity index (χ1n) is 17.8. The van der Waals surface area contributed by atoms with E-state index in [1.807, 2.05) is 20.8 Å². The van der Waals surface area contributed by atoms with Crippen LogP contribution in [-0.2, 0) is 19.1 Å². The van der Waals surface area contributed by atoms with E-state index in [0.717, 1.165) is 54.8 Å². The lowest BCUT2D eigenvalue weighted by atomic mass is 9.47. The van der Waals surface area contributed by atoms with Crippen LogP contribution in [0.5, 0.6) is 0 Å². The van der Waals surface area contributed by atoms with Crippen LogP contribution in [0.4, 0.5) is 4.79 Å². The predicted octanol–water partition coefficient (Wildman–Crippen LogP) is 8.68. The first-order valence-corrected chi connectivity index (χ1v) is 17.8. The van der Waals surface area contributed by atoms with E-state index >= 15 is 0 Å². The summed E-state index contributed by atoms with van der Waals surface area (Å²) in [6.07, 6.45) is 15.8. The minimum Gasteiger partial charge on any atom is -0.446 e. The van der Waals surface area contributed by atoms with E-state index in [-0.39, 0.29) is 36.8 Å². The molecule has 0 spiro atoms. The van der Waals surface area contributed by atoms with Gasteiger partial charge < -0.3 is 19.6 Å². The molecule has 0 saturated heterocycles. The molecule has 4 aliphatic rings. The van der Waals surface area contributed by atoms with Crippen LogP contribution >= 0.6 is 0 Å². The van der Waals surface area contributed by atoms with Crippen molar-refractivity contribution in [2.45, 2.75) is 144 Å². The molecule has 0 aromatic rings. The molecule has 2 unspecified atom stereocenters. The maximum atomic E-state index is 12.6. The normalized spacial score (nSPS) is 34.1. The van der Waals surface area contributed by atoms with Gasteiger partial charge in [0, 0.05) is 20.0 Å². The molecule has 8 atom stereocenters. The van der Waals surface area contributed by atoms with E-state index < -0.39 is 12.1 Å². The summed E-state index contributed by atoms with van der Waals surface area (Å²) in [6.45, 7) is 18.6. The molecule has 7 nitrogen and oxygen atoms in total. The fraction of sp³-hybridized carbons (Fsp3) is 0.892. The van der Waals surface area contributed by atoms with Gasteiger partial charge in [0.1, 0.15) is 12.8 Å². The molecule has 1 amide bonds. The summed E-state index contributed by atoms with van der Waals surface area (Å²) in [4.78, 5) is 30.0. The Morgan fingerprint density at radius 1 is 1.05 bits per heavy atom. The molecule has 252 valence electrons. The van der Waals surface area contributed by atoms with Gasteiger partial charge in [-0.15, -0.1) is 5.06 Å². The molecule has 3 saturated carbocycles. The number of rotatable bonds is 12. The summed E-state index contributed by atoms with van der Waals surface area (Å²) in [5, 5.41) is 4.11. The van der Waals surface area contributed by atoms with E-state index in [4.69, 9.17) is 14.3 Å². The molecule has 0 heterocycles. The number of fused-ring (bicyclic) bond motifs is 5. The van der Waals surface area contributed by atoms with Crippen molar-refractivity contribution in [1.29, 1.82) is 0 Å². The van der Waals surface area contributed by atoms with Gasteiger partial charge in [0.15, 0.2) is 0 Å². The lowest BCUT2D eigenvalue weighted by Crippen LogP contribution is -2.51. The van der Waals surface area contributed by atoms with Gasteiger partial charge >= 0.3 is 12.1 Å². The van der Waals surface area contributed by atoms with Crippen molar-refractivity contribution in [2.24, 2.45) is 46.3 Å². The summed E-state index contributed by atoms with van der Waals surface area (Å²) in [6, 6.07) is 0. The van der Waals surface area contributed by atoms with Crippen LogP contribution in [0.15, 0.2) is 11.6 Å². The minimum atomic E-state index is -0.446. The smallest absolute Gasteiger partial charge is 0.407 e. The Morgan fingerprint density at radius 2 is 1.80 bits per heavy atom. The summed E-state index contributed by atoms with van der Waals surface area (Å²) in [5.41, 5.74) is 1.93. The summed E-state index contributed by atoms with van der Waals surface area (Å²) >= 11 is 0. The second-order valence-electron chi connectivity index (χ2n) is 16.7. The van der Waals surface area contributed by atoms with E-state index in [1.54, 1.807) is 7.05 Å². The quantitative estimate of drug-likeness (QED) is 0.134. The second-order valence-corrected chi connectivity index (χ2v) is 16.7. The topological polar surface area (TPSA) is 77.1 Å². The summed E-state index contributed by atoms with van der Waals surface area (Å²) < 4.78 is 11.5. The Labute approximate surface area is 268 Å². The van der Waals surface area contributed by atoms with Crippen molar-refractivity contribution in [2.75, 3.05) is 20.3 Å². The molecule has 0 radical (unpaired) electrons. The fourth-order valence-corrected chi connectivity index (χ4v) is 9.74. The number of allylic oxidation sites excluding steroid dienone is 1. The number of hydrogen-bond donors (Lipinski definition) is 1. The molecule has 0 aliphatic heterocycles. The number of amides is 1. The van der Waals surface area contributed by atoms with Gasteiger partial charge in [-0.1, -0.05) is 65.5 Å². The molecule has 4 aliphatic carbocycles. The number of nitrogens with zero attached hydrogens (tertiary/aromatic N) is 1. The minimum absolute atomic E-state index is 0.0730. The standard InChI is InChI=1S/C37H64N2O5/c1-25(2)11-10-12-26(3)30-15-16-31-29-14-13-27-23-28(17-20-36(27,7)32(29)18-21-37(30,31)8)43-34(41)38-22-19-33(40)44-39(9)24-42-35(4,5)6/h13,25-26,28-32H,10-12,14-24H2,1-9H3,(H,38,41)/t26?,28-,29-,30?,31-,32-,36-,37+/m0/s1. The molecule has 4 rings (SSSR count). The van der Waals surface area contributed by atoms with Crippen molar-refractivity contribution in [3.8, 4) is 0 Å². The van der Waals surface area contributed by atoms with Crippen LogP contribution < -0.4 is 5.32 Å². The highest BCUT2D eigenvalue weighted by Crippen LogP contribution is 2.67. The number of carbonyl (C=O) groups is 2. The summed E-state index contributed by atoms with van der Waals surface area (Å²) in [5.74, 6) is 4.52. The van der Waals surface area contributed by atoms with Crippen molar-refractivity contribution >= 4 is 12.1 Å². The van der Waals surface area contributed by atoms with Gasteiger partial charge in [0.05, 0.1) is 12.0 Å². The van der Waals surface area contributed by atoms with Crippen molar-refractivity contribution in [3.05, 3.63) is 11.6 Å². The molecular formula is C37H64N2O5. The number of hydrogen-bond acceptors (Lipinski definition) is 6. The fourth-order valence-electron chi connectivity index (χ4n) is 9.74. The van der Waals surface area contributed by atoms with Crippen LogP contribution in [0.2, 0.25) is 0 Å². The van der Waals surface area contributed by atoms with Crippen molar-refractivity contribution in [1.82, 2.24) is 10.4 Å². The van der Waals surface area contributed by atoms with Crippen LogP contribution in [0.1, 0.15) is 132 Å². The van der Waals surface area contributed by atoms with Crippen molar-refractivity contribution < 1.29 is 23.9 Å². The number of carbonyl (C=O) groups excluding carboxylic acids is 2. The van der Waals surface area contributed by atoms with Crippen LogP contribution in [0.3, 0.4) is 0 Å². The van der Waals surface area contributed by atoms with Gasteiger partial charge in [0.25, 0.3) is 0 Å². The van der Waals surface area contributed by atoms with Crippen LogP contribution in [-0.4, -0.2) is 49.2 Å². The Balaban J connectivity index is 1.24. The highest BCUT2D eigenvalue weighted by molar-refractivity contribution is 5.71. The number of hydroxylamine groups is 2. The zero-order chi connectivity index (χ0) is 32.3. The van der Waals surface area contributed by atoms with Gasteiger partial charge in [-0.2, -0.15) is 0 Å². The average molecular weight is 617 g/mol. The second kappa shape index (κ2) is 14.4. The third kappa shape index (κ3) is 8.40. The summed E-state index contributed by atoms with van der Waals surface area (Å²) in [7, 11) is 1.65. The first kappa shape index (κ1) is 35.3. The zero-order valence-corrected chi connectivity index (χ0v) is 29.5. The molecule has 1 N–H and O–H groups in total. The molecule has 44 heavy (non-hydrogen) atoms. The Hall–Kier alpha value is -1.60. The average Bonchev–Trinajstić information content (AvgIpc) is 3.29. The molecular weight excluding hydrogens is 552 g/mol. The van der Waals surface area contributed by atoms with Gasteiger partial charge in [0.2, 0.25) is 0 Å². The predicted molar refractivity (Wildman–Crippen MR) is 175 cm³/mol. The Kier molecular flexibility index (Phi) is 11.6. The maximum Gasteiger partial charge on any atom is 0.407 e. The third-order valence-electron chi connectivity index (χ3n) is 12.1. The van der Waals surface area contributed by atoms with E-state index in [1.165, 1.54) is 62.0 Å². The monoisotopic (exact) mass is 616 g/mol. The number of ether oxygens (including phenoxy) is 2. The van der Waals surface area contributed by atoms with Crippen LogP contribution in [0.25, 0.3) is 0 Å². The maximum absolute atomic E-state index is 12.6. The van der Waals surface area contributed by atoms with Gasteiger partial charge in [-0.05, 0) is 112 Å². The largest absolute Gasteiger partial charge is 0.446 e. The molecule has 0 aromatic carbocycles. The van der Waals surface area contributed by atoms with Gasteiger partial charge in [-0.3, -0.25) is 4.79 Å². The van der Waals surface area contributed by atoms with E-state index in [0.29, 0.717) is 5.41 Å². The highest BCUT2D eigenvalue weighted by Gasteiger charge is 2.59.